The molecule has 1 aromatic carbocycles. The molecule has 0 atom stereocenters. The molecular formula is C12H8FNO. The molecule has 3 heteroatoms. The minimum absolute atomic E-state index is 0.251. The number of rotatable bonds is 2. The number of hydrogen-bond donors (Lipinski definition) is 0. The lowest BCUT2D eigenvalue weighted by atomic mass is 10.2. The molecular weight excluding hydrogens is 193 g/mol. The second-order valence-electron chi connectivity index (χ2n) is 3.11. The van der Waals surface area contributed by atoms with Gasteiger partial charge in [-0.3, -0.25) is 0 Å². The van der Waals surface area contributed by atoms with E-state index in [4.69, 9.17) is 9.68 Å². The average Bonchev–Trinajstić information content (AvgIpc) is 2.68. The van der Waals surface area contributed by atoms with Gasteiger partial charge in [0.05, 0.1) is 12.5 Å². The summed E-state index contributed by atoms with van der Waals surface area (Å²) >= 11 is 0. The van der Waals surface area contributed by atoms with Crippen LogP contribution in [0.25, 0.3) is 11.3 Å². The van der Waals surface area contributed by atoms with Crippen molar-refractivity contribution in [1.82, 2.24) is 0 Å². The van der Waals surface area contributed by atoms with E-state index in [1.54, 1.807) is 24.3 Å². The van der Waals surface area contributed by atoms with Crippen LogP contribution < -0.4 is 0 Å². The van der Waals surface area contributed by atoms with Crippen molar-refractivity contribution in [2.75, 3.05) is 0 Å². The topological polar surface area (TPSA) is 36.9 Å². The lowest BCUT2D eigenvalue weighted by molar-refractivity contribution is 0.538. The zero-order valence-corrected chi connectivity index (χ0v) is 7.90. The Labute approximate surface area is 86.6 Å². The van der Waals surface area contributed by atoms with E-state index in [-0.39, 0.29) is 12.2 Å². The quantitative estimate of drug-likeness (QED) is 0.748. The lowest BCUT2D eigenvalue weighted by Gasteiger charge is -1.95. The Morgan fingerprint density at radius 2 is 1.87 bits per heavy atom. The maximum atomic E-state index is 12.7. The highest BCUT2D eigenvalue weighted by atomic mass is 19.1. The normalized spacial score (nSPS) is 9.87. The average molecular weight is 201 g/mol. The summed E-state index contributed by atoms with van der Waals surface area (Å²) in [5.41, 5.74) is 0.806. The van der Waals surface area contributed by atoms with Gasteiger partial charge in [-0.15, -0.1) is 0 Å². The molecule has 1 aromatic heterocycles. The summed E-state index contributed by atoms with van der Waals surface area (Å²) < 4.78 is 18.1. The minimum atomic E-state index is -0.275. The van der Waals surface area contributed by atoms with Crippen molar-refractivity contribution >= 4 is 0 Å². The van der Waals surface area contributed by atoms with Crippen LogP contribution in [0.2, 0.25) is 0 Å². The Hall–Kier alpha value is -2.08. The summed E-state index contributed by atoms with van der Waals surface area (Å²) in [6.45, 7) is 0. The summed E-state index contributed by atoms with van der Waals surface area (Å²) in [7, 11) is 0. The third-order valence-corrected chi connectivity index (χ3v) is 2.04. The second kappa shape index (κ2) is 3.97. The maximum absolute atomic E-state index is 12.7. The molecule has 2 aromatic rings. The van der Waals surface area contributed by atoms with Crippen LogP contribution in [0.1, 0.15) is 5.76 Å². The second-order valence-corrected chi connectivity index (χ2v) is 3.11. The molecule has 0 aliphatic heterocycles. The molecule has 0 radical (unpaired) electrons. The molecule has 0 aliphatic rings. The molecule has 0 amide bonds. The van der Waals surface area contributed by atoms with Crippen LogP contribution in [0, 0.1) is 17.1 Å². The standard InChI is InChI=1S/C12H8FNO/c13-10-3-1-9(2-4-10)12-6-5-11(15-12)7-8-14/h1-6H,7H2. The minimum Gasteiger partial charge on any atom is -0.460 e. The first kappa shape index (κ1) is 9.47. The van der Waals surface area contributed by atoms with Gasteiger partial charge in [-0.25, -0.2) is 4.39 Å². The van der Waals surface area contributed by atoms with Crippen molar-refractivity contribution in [3.63, 3.8) is 0 Å². The number of hydrogen-bond acceptors (Lipinski definition) is 2. The predicted molar refractivity (Wildman–Crippen MR) is 53.4 cm³/mol. The van der Waals surface area contributed by atoms with Gasteiger partial charge in [-0.2, -0.15) is 5.26 Å². The summed E-state index contributed by atoms with van der Waals surface area (Å²) in [5.74, 6) is 1.000. The SMILES string of the molecule is N#CCc1ccc(-c2ccc(F)cc2)o1. The number of nitrogens with zero attached hydrogens (tertiary/aromatic N) is 1. The summed E-state index contributed by atoms with van der Waals surface area (Å²) in [4.78, 5) is 0. The summed E-state index contributed by atoms with van der Waals surface area (Å²) in [5, 5.41) is 8.48. The lowest BCUT2D eigenvalue weighted by Crippen LogP contribution is -1.76. The van der Waals surface area contributed by atoms with Gasteiger partial charge in [-0.1, -0.05) is 0 Å². The van der Waals surface area contributed by atoms with Gasteiger partial charge in [-0.05, 0) is 36.4 Å². The molecule has 0 bridgehead atoms. The van der Waals surface area contributed by atoms with E-state index < -0.39 is 0 Å². The van der Waals surface area contributed by atoms with Crippen molar-refractivity contribution in [3.05, 3.63) is 48.0 Å². The van der Waals surface area contributed by atoms with Crippen molar-refractivity contribution in [2.24, 2.45) is 0 Å². The Kier molecular flexibility index (Phi) is 2.51. The first-order valence-electron chi connectivity index (χ1n) is 4.51. The first-order chi connectivity index (χ1) is 7.29. The molecule has 0 fully saturated rings. The van der Waals surface area contributed by atoms with Crippen molar-refractivity contribution in [3.8, 4) is 17.4 Å². The number of benzene rings is 1. The molecule has 2 rings (SSSR count). The van der Waals surface area contributed by atoms with Crippen LogP contribution >= 0.6 is 0 Å². The van der Waals surface area contributed by atoms with E-state index in [1.165, 1.54) is 12.1 Å². The van der Waals surface area contributed by atoms with Gasteiger partial charge in [0.15, 0.2) is 0 Å². The van der Waals surface area contributed by atoms with Crippen molar-refractivity contribution in [2.45, 2.75) is 6.42 Å². The molecule has 2 nitrogen and oxygen atoms in total. The molecule has 1 heterocycles. The number of halogens is 1. The van der Waals surface area contributed by atoms with Crippen molar-refractivity contribution < 1.29 is 8.81 Å². The van der Waals surface area contributed by atoms with Crippen LogP contribution in [0.3, 0.4) is 0 Å². The zero-order chi connectivity index (χ0) is 10.7. The third kappa shape index (κ3) is 2.05. The van der Waals surface area contributed by atoms with Gasteiger partial charge in [0.25, 0.3) is 0 Å². The molecule has 0 N–H and O–H groups in total. The molecule has 0 saturated carbocycles. The Balaban J connectivity index is 2.30. The molecule has 0 unspecified atom stereocenters. The van der Waals surface area contributed by atoms with Crippen LogP contribution in [-0.2, 0) is 6.42 Å². The van der Waals surface area contributed by atoms with E-state index in [1.807, 2.05) is 6.07 Å². The monoisotopic (exact) mass is 201 g/mol. The fourth-order valence-electron chi connectivity index (χ4n) is 1.32. The van der Waals surface area contributed by atoms with Gasteiger partial charge in [0.2, 0.25) is 0 Å². The molecule has 0 spiro atoms. The van der Waals surface area contributed by atoms with Crippen LogP contribution in [0.4, 0.5) is 4.39 Å². The number of nitriles is 1. The van der Waals surface area contributed by atoms with Crippen molar-refractivity contribution in [1.29, 1.82) is 5.26 Å². The molecule has 15 heavy (non-hydrogen) atoms. The van der Waals surface area contributed by atoms with Crippen LogP contribution in [0.15, 0.2) is 40.8 Å². The molecule has 0 aliphatic carbocycles. The van der Waals surface area contributed by atoms with E-state index in [9.17, 15) is 4.39 Å². The van der Waals surface area contributed by atoms with E-state index in [0.29, 0.717) is 11.5 Å². The van der Waals surface area contributed by atoms with E-state index in [2.05, 4.69) is 0 Å². The predicted octanol–water partition coefficient (Wildman–Crippen LogP) is 3.15. The smallest absolute Gasteiger partial charge is 0.134 e. The van der Waals surface area contributed by atoms with E-state index >= 15 is 0 Å². The first-order valence-corrected chi connectivity index (χ1v) is 4.51. The summed E-state index contributed by atoms with van der Waals surface area (Å²) in [6, 6.07) is 11.6. The Bertz CT molecular complexity index is 493. The molecule has 74 valence electrons. The number of furan rings is 1. The molecule has 0 saturated heterocycles. The highest BCUT2D eigenvalue weighted by Gasteiger charge is 2.04. The zero-order valence-electron chi connectivity index (χ0n) is 7.90. The van der Waals surface area contributed by atoms with Crippen LogP contribution in [0.5, 0.6) is 0 Å². The van der Waals surface area contributed by atoms with Gasteiger partial charge >= 0.3 is 0 Å². The Morgan fingerprint density at radius 3 is 2.53 bits per heavy atom. The van der Waals surface area contributed by atoms with E-state index in [0.717, 1.165) is 5.56 Å². The summed E-state index contributed by atoms with van der Waals surface area (Å²) in [6.07, 6.45) is 0.251. The highest BCUT2D eigenvalue weighted by Crippen LogP contribution is 2.22. The Morgan fingerprint density at radius 1 is 1.13 bits per heavy atom. The van der Waals surface area contributed by atoms with Gasteiger partial charge < -0.3 is 4.42 Å². The van der Waals surface area contributed by atoms with Gasteiger partial charge in [0.1, 0.15) is 17.3 Å². The maximum Gasteiger partial charge on any atom is 0.134 e. The fourth-order valence-corrected chi connectivity index (χ4v) is 1.32. The van der Waals surface area contributed by atoms with Crippen LogP contribution in [-0.4, -0.2) is 0 Å². The largest absolute Gasteiger partial charge is 0.460 e. The highest BCUT2D eigenvalue weighted by molar-refractivity contribution is 5.57. The van der Waals surface area contributed by atoms with Gasteiger partial charge in [0, 0.05) is 5.56 Å². The third-order valence-electron chi connectivity index (χ3n) is 2.04. The fraction of sp³-hybridized carbons (Fsp3) is 0.0833.